The van der Waals surface area contributed by atoms with Gasteiger partial charge in [-0.1, -0.05) is 0 Å². The van der Waals surface area contributed by atoms with Gasteiger partial charge < -0.3 is 9.47 Å². The summed E-state index contributed by atoms with van der Waals surface area (Å²) in [7, 11) is 0. The van der Waals surface area contributed by atoms with E-state index >= 15 is 0 Å². The standard InChI is InChI=1S/C23H24FN3O3S/c1-15-17(6-10-29-15)21-13-19-22(31-21)23(28)27(14-25-19)16-4-5-20(18(24)12-16)30-11-9-26-7-2-3-8-26/h4-5,12-14H,2-3,6-11H2,1H3. The molecule has 0 atom stereocenters. The average molecular weight is 442 g/mol. The summed E-state index contributed by atoms with van der Waals surface area (Å²) >= 11 is 1.41. The van der Waals surface area contributed by atoms with Crippen LogP contribution in [0.2, 0.25) is 0 Å². The lowest BCUT2D eigenvalue weighted by molar-refractivity contribution is 0.231. The highest BCUT2D eigenvalue weighted by atomic mass is 32.1. The van der Waals surface area contributed by atoms with E-state index < -0.39 is 5.82 Å². The van der Waals surface area contributed by atoms with Crippen LogP contribution in [0.1, 0.15) is 31.1 Å². The Kier molecular flexibility index (Phi) is 5.50. The van der Waals surface area contributed by atoms with Crippen molar-refractivity contribution in [3.05, 3.63) is 57.4 Å². The van der Waals surface area contributed by atoms with Crippen molar-refractivity contribution in [3.63, 3.8) is 0 Å². The first-order chi connectivity index (χ1) is 15.1. The summed E-state index contributed by atoms with van der Waals surface area (Å²) in [6.07, 6.45) is 4.72. The minimum atomic E-state index is -0.485. The molecular formula is C23H24FN3O3S. The van der Waals surface area contributed by atoms with Gasteiger partial charge in [-0.2, -0.15) is 0 Å². The Labute approximate surface area is 183 Å². The predicted octanol–water partition coefficient (Wildman–Crippen LogP) is 4.21. The maximum absolute atomic E-state index is 14.6. The summed E-state index contributed by atoms with van der Waals surface area (Å²) in [6, 6.07) is 6.52. The first-order valence-electron chi connectivity index (χ1n) is 10.6. The molecule has 1 saturated heterocycles. The fourth-order valence-electron chi connectivity index (χ4n) is 4.16. The molecule has 0 unspecified atom stereocenters. The third-order valence-electron chi connectivity index (χ3n) is 5.89. The highest BCUT2D eigenvalue weighted by molar-refractivity contribution is 7.19. The average Bonchev–Trinajstić information content (AvgIpc) is 3.50. The number of benzene rings is 1. The predicted molar refractivity (Wildman–Crippen MR) is 120 cm³/mol. The largest absolute Gasteiger partial charge is 0.498 e. The molecule has 2 aliphatic rings. The first-order valence-corrected chi connectivity index (χ1v) is 11.4. The second-order valence-corrected chi connectivity index (χ2v) is 8.94. The number of ether oxygens (including phenoxy) is 2. The monoisotopic (exact) mass is 441 g/mol. The number of rotatable bonds is 6. The fraction of sp³-hybridized carbons (Fsp3) is 0.391. The van der Waals surface area contributed by atoms with Gasteiger partial charge in [-0.15, -0.1) is 11.3 Å². The van der Waals surface area contributed by atoms with Gasteiger partial charge in [0.2, 0.25) is 0 Å². The van der Waals surface area contributed by atoms with Gasteiger partial charge in [0.25, 0.3) is 5.56 Å². The second-order valence-electron chi connectivity index (χ2n) is 7.89. The van der Waals surface area contributed by atoms with Crippen LogP contribution in [-0.4, -0.2) is 47.3 Å². The van der Waals surface area contributed by atoms with Gasteiger partial charge in [-0.25, -0.2) is 9.37 Å². The van der Waals surface area contributed by atoms with Crippen molar-refractivity contribution in [1.29, 1.82) is 0 Å². The number of hydrogen-bond donors (Lipinski definition) is 0. The van der Waals surface area contributed by atoms with E-state index in [1.165, 1.54) is 41.1 Å². The van der Waals surface area contributed by atoms with E-state index in [-0.39, 0.29) is 11.3 Å². The summed E-state index contributed by atoms with van der Waals surface area (Å²) in [5.74, 6) is 0.614. The van der Waals surface area contributed by atoms with Gasteiger partial charge >= 0.3 is 0 Å². The third kappa shape index (κ3) is 3.97. The van der Waals surface area contributed by atoms with Gasteiger partial charge in [-0.3, -0.25) is 14.3 Å². The summed E-state index contributed by atoms with van der Waals surface area (Å²) in [4.78, 5) is 20.8. The summed E-state index contributed by atoms with van der Waals surface area (Å²) in [5, 5.41) is 0. The molecule has 31 heavy (non-hydrogen) atoms. The lowest BCUT2D eigenvalue weighted by Gasteiger charge is -2.15. The van der Waals surface area contributed by atoms with Crippen LogP contribution in [0.25, 0.3) is 21.5 Å². The maximum Gasteiger partial charge on any atom is 0.275 e. The maximum atomic E-state index is 14.6. The van der Waals surface area contributed by atoms with Gasteiger partial charge in [-0.05, 0) is 51.1 Å². The number of likely N-dealkylation sites (tertiary alicyclic amines) is 1. The third-order valence-corrected chi connectivity index (χ3v) is 7.06. The van der Waals surface area contributed by atoms with E-state index in [4.69, 9.17) is 9.47 Å². The Morgan fingerprint density at radius 2 is 2.10 bits per heavy atom. The molecule has 0 N–H and O–H groups in total. The topological polar surface area (TPSA) is 56.6 Å². The molecule has 6 nitrogen and oxygen atoms in total. The van der Waals surface area contributed by atoms with Crippen molar-refractivity contribution >= 4 is 27.1 Å². The Balaban J connectivity index is 1.38. The summed E-state index contributed by atoms with van der Waals surface area (Å²) in [5.41, 5.74) is 1.99. The normalized spacial score (nSPS) is 17.0. The van der Waals surface area contributed by atoms with Crippen molar-refractivity contribution in [2.75, 3.05) is 32.8 Å². The van der Waals surface area contributed by atoms with Gasteiger partial charge in [0, 0.05) is 29.5 Å². The molecule has 3 aromatic rings. The molecular weight excluding hydrogens is 417 g/mol. The van der Waals surface area contributed by atoms with Crippen molar-refractivity contribution < 1.29 is 13.9 Å². The van der Waals surface area contributed by atoms with Crippen LogP contribution in [-0.2, 0) is 4.74 Å². The molecule has 162 valence electrons. The number of allylic oxidation sites excluding steroid dienone is 1. The van der Waals surface area contributed by atoms with Crippen molar-refractivity contribution in [1.82, 2.24) is 14.5 Å². The van der Waals surface area contributed by atoms with Crippen LogP contribution >= 0.6 is 11.3 Å². The minimum Gasteiger partial charge on any atom is -0.498 e. The van der Waals surface area contributed by atoms with Crippen LogP contribution in [0.4, 0.5) is 4.39 Å². The Morgan fingerprint density at radius 1 is 1.26 bits per heavy atom. The molecule has 0 aliphatic carbocycles. The molecule has 1 fully saturated rings. The molecule has 0 saturated carbocycles. The van der Waals surface area contributed by atoms with Crippen LogP contribution in [0, 0.1) is 5.82 Å². The highest BCUT2D eigenvalue weighted by Crippen LogP contribution is 2.35. The van der Waals surface area contributed by atoms with Crippen LogP contribution < -0.4 is 10.3 Å². The SMILES string of the molecule is CC1=C(c2cc3ncn(-c4ccc(OCCN5CCCC5)c(F)c4)c(=O)c3s2)CCO1. The van der Waals surface area contributed by atoms with Gasteiger partial charge in [0.1, 0.15) is 17.6 Å². The lowest BCUT2D eigenvalue weighted by atomic mass is 10.1. The molecule has 4 heterocycles. The van der Waals surface area contributed by atoms with Crippen molar-refractivity contribution in [3.8, 4) is 11.4 Å². The number of halogens is 1. The second kappa shape index (κ2) is 8.43. The molecule has 1 aromatic carbocycles. The van der Waals surface area contributed by atoms with Crippen LogP contribution in [0.15, 0.2) is 41.1 Å². The van der Waals surface area contributed by atoms with E-state index in [2.05, 4.69) is 9.88 Å². The number of aromatic nitrogens is 2. The lowest BCUT2D eigenvalue weighted by Crippen LogP contribution is -2.25. The molecule has 0 spiro atoms. The zero-order valence-electron chi connectivity index (χ0n) is 17.4. The minimum absolute atomic E-state index is 0.201. The van der Waals surface area contributed by atoms with E-state index in [9.17, 15) is 9.18 Å². The Bertz CT molecular complexity index is 1210. The van der Waals surface area contributed by atoms with Crippen LogP contribution in [0.5, 0.6) is 5.75 Å². The van der Waals surface area contributed by atoms with E-state index in [1.807, 2.05) is 13.0 Å². The van der Waals surface area contributed by atoms with Crippen molar-refractivity contribution in [2.24, 2.45) is 0 Å². The Hall–Kier alpha value is -2.71. The zero-order valence-corrected chi connectivity index (χ0v) is 18.2. The molecule has 2 aliphatic heterocycles. The highest BCUT2D eigenvalue weighted by Gasteiger charge is 2.19. The van der Waals surface area contributed by atoms with Crippen LogP contribution in [0.3, 0.4) is 0 Å². The molecule has 0 radical (unpaired) electrons. The number of hydrogen-bond acceptors (Lipinski definition) is 6. The molecule has 5 rings (SSSR count). The number of fused-ring (bicyclic) bond motifs is 1. The summed E-state index contributed by atoms with van der Waals surface area (Å²) in [6.45, 7) is 6.01. The fourth-order valence-corrected chi connectivity index (χ4v) is 5.32. The van der Waals surface area contributed by atoms with E-state index in [0.717, 1.165) is 42.3 Å². The number of thiophene rings is 1. The van der Waals surface area contributed by atoms with E-state index in [0.29, 0.717) is 29.1 Å². The first kappa shape index (κ1) is 20.2. The smallest absolute Gasteiger partial charge is 0.275 e. The molecule has 0 bridgehead atoms. The summed E-state index contributed by atoms with van der Waals surface area (Å²) < 4.78 is 27.7. The van der Waals surface area contributed by atoms with Gasteiger partial charge in [0.15, 0.2) is 11.6 Å². The van der Waals surface area contributed by atoms with Gasteiger partial charge in [0.05, 0.1) is 23.6 Å². The number of nitrogens with zero attached hydrogens (tertiary/aromatic N) is 3. The Morgan fingerprint density at radius 3 is 2.84 bits per heavy atom. The quantitative estimate of drug-likeness (QED) is 0.574. The van der Waals surface area contributed by atoms with E-state index in [1.54, 1.807) is 12.1 Å². The molecule has 8 heteroatoms. The van der Waals surface area contributed by atoms with Crippen molar-refractivity contribution in [2.45, 2.75) is 26.2 Å². The molecule has 0 amide bonds. The zero-order chi connectivity index (χ0) is 21.4. The molecule has 2 aromatic heterocycles.